The van der Waals surface area contributed by atoms with Gasteiger partial charge in [-0.2, -0.15) is 5.26 Å². The predicted octanol–water partition coefficient (Wildman–Crippen LogP) is 4.47. The lowest BCUT2D eigenvalue weighted by molar-refractivity contribution is 0.561. The Kier molecular flexibility index (Phi) is 4.36. The molecular weight excluding hydrogens is 331 g/mol. The highest BCUT2D eigenvalue weighted by atomic mass is 19.1. The molecule has 3 heterocycles. The van der Waals surface area contributed by atoms with Crippen LogP contribution in [-0.2, 0) is 13.0 Å². The van der Waals surface area contributed by atoms with E-state index in [0.29, 0.717) is 28.5 Å². The Morgan fingerprint density at radius 3 is 2.88 bits per heavy atom. The van der Waals surface area contributed by atoms with Crippen LogP contribution in [-0.4, -0.2) is 14.8 Å². The van der Waals surface area contributed by atoms with Gasteiger partial charge in [-0.05, 0) is 37.1 Å². The molecule has 1 aromatic carbocycles. The van der Waals surface area contributed by atoms with Crippen molar-refractivity contribution in [3.8, 4) is 17.4 Å². The summed E-state index contributed by atoms with van der Waals surface area (Å²) in [6.45, 7) is 0.815. The highest BCUT2D eigenvalue weighted by molar-refractivity contribution is 5.86. The normalized spacial score (nSPS) is 14.5. The molecule has 1 aliphatic rings. The van der Waals surface area contributed by atoms with Gasteiger partial charge in [-0.15, -0.1) is 10.2 Å². The molecule has 6 heteroatoms. The topological polar surface area (TPSA) is 67.6 Å². The Morgan fingerprint density at radius 2 is 2.04 bits per heavy atom. The molecule has 3 aromatic rings. The molecule has 0 N–H and O–H groups in total. The van der Waals surface area contributed by atoms with Crippen LogP contribution in [0.3, 0.4) is 0 Å². The van der Waals surface area contributed by atoms with Crippen molar-refractivity contribution in [3.05, 3.63) is 59.6 Å². The van der Waals surface area contributed by atoms with Gasteiger partial charge in [-0.25, -0.2) is 4.39 Å². The Morgan fingerprint density at radius 1 is 1.15 bits per heavy atom. The quantitative estimate of drug-likeness (QED) is 0.655. The first-order valence-corrected chi connectivity index (χ1v) is 8.65. The number of allylic oxidation sites excluding steroid dienone is 1. The van der Waals surface area contributed by atoms with Crippen LogP contribution in [0.2, 0.25) is 0 Å². The number of hydrogen-bond acceptors (Lipinski definition) is 4. The van der Waals surface area contributed by atoms with Crippen molar-refractivity contribution in [2.45, 2.75) is 32.2 Å². The van der Waals surface area contributed by atoms with Crippen LogP contribution in [0.25, 0.3) is 23.0 Å². The van der Waals surface area contributed by atoms with Gasteiger partial charge in [0.2, 0.25) is 0 Å². The number of hydrogen-bond donors (Lipinski definition) is 0. The number of aromatic nitrogens is 3. The fourth-order valence-corrected chi connectivity index (χ4v) is 3.21. The molecule has 0 aliphatic carbocycles. The lowest BCUT2D eigenvalue weighted by atomic mass is 10.1. The van der Waals surface area contributed by atoms with Crippen LogP contribution in [0, 0.1) is 17.1 Å². The molecular formula is C20H17FN4O. The summed E-state index contributed by atoms with van der Waals surface area (Å²) in [6, 6.07) is 12.0. The average molecular weight is 348 g/mol. The molecule has 2 aromatic heterocycles. The van der Waals surface area contributed by atoms with E-state index in [0.717, 1.165) is 38.1 Å². The van der Waals surface area contributed by atoms with Crippen molar-refractivity contribution in [1.29, 1.82) is 5.26 Å². The molecule has 0 atom stereocenters. The second kappa shape index (κ2) is 6.96. The molecule has 0 spiro atoms. The van der Waals surface area contributed by atoms with E-state index in [-0.39, 0.29) is 5.82 Å². The average Bonchev–Trinajstić information content (AvgIpc) is 3.21. The summed E-state index contributed by atoms with van der Waals surface area (Å²) in [6.07, 6.45) is 5.80. The third kappa shape index (κ3) is 3.04. The van der Waals surface area contributed by atoms with Crippen molar-refractivity contribution < 1.29 is 8.81 Å². The minimum absolute atomic E-state index is 0.347. The lowest BCUT2D eigenvalue weighted by Gasteiger charge is -2.05. The van der Waals surface area contributed by atoms with Gasteiger partial charge in [0.25, 0.3) is 0 Å². The summed E-state index contributed by atoms with van der Waals surface area (Å²) >= 11 is 0. The summed E-state index contributed by atoms with van der Waals surface area (Å²) in [5.74, 6) is 2.04. The largest absolute Gasteiger partial charge is 0.457 e. The van der Waals surface area contributed by atoms with E-state index in [1.165, 1.54) is 6.07 Å². The summed E-state index contributed by atoms with van der Waals surface area (Å²) in [5, 5.41) is 18.0. The molecule has 0 radical (unpaired) electrons. The SMILES string of the molecule is N#CC(=Cc1ccc(-c2ccccc2F)o1)c1nnc2n1CCCCC2. The highest BCUT2D eigenvalue weighted by Crippen LogP contribution is 2.27. The Balaban J connectivity index is 1.69. The number of rotatable bonds is 3. The van der Waals surface area contributed by atoms with Crippen LogP contribution in [0.5, 0.6) is 0 Å². The van der Waals surface area contributed by atoms with Gasteiger partial charge in [-0.3, -0.25) is 0 Å². The standard InChI is InChI=1S/C20H17FN4O/c21-17-7-4-3-6-16(17)18-10-9-15(26-18)12-14(13-22)20-24-23-19-8-2-1-5-11-25(19)20/h3-4,6-7,9-10,12H,1-2,5,8,11H2. The molecule has 130 valence electrons. The van der Waals surface area contributed by atoms with Gasteiger partial charge in [0, 0.05) is 19.0 Å². The van der Waals surface area contributed by atoms with Gasteiger partial charge < -0.3 is 8.98 Å². The Hall–Kier alpha value is -3.20. The third-order valence-electron chi connectivity index (χ3n) is 4.52. The van der Waals surface area contributed by atoms with Crippen LogP contribution in [0.4, 0.5) is 4.39 Å². The fraction of sp³-hybridized carbons (Fsp3) is 0.250. The molecule has 0 fully saturated rings. The van der Waals surface area contributed by atoms with E-state index in [4.69, 9.17) is 4.42 Å². The van der Waals surface area contributed by atoms with Crippen molar-refractivity contribution >= 4 is 11.6 Å². The number of furan rings is 1. The number of halogens is 1. The molecule has 0 unspecified atom stereocenters. The van der Waals surface area contributed by atoms with Gasteiger partial charge in [0.05, 0.1) is 5.56 Å². The molecule has 0 saturated heterocycles. The zero-order valence-electron chi connectivity index (χ0n) is 14.2. The maximum Gasteiger partial charge on any atom is 0.174 e. The molecule has 4 rings (SSSR count). The summed E-state index contributed by atoms with van der Waals surface area (Å²) in [7, 11) is 0. The maximum absolute atomic E-state index is 13.9. The molecule has 5 nitrogen and oxygen atoms in total. The van der Waals surface area contributed by atoms with Crippen LogP contribution in [0.1, 0.15) is 36.7 Å². The second-order valence-electron chi connectivity index (χ2n) is 6.25. The second-order valence-corrected chi connectivity index (χ2v) is 6.25. The molecule has 26 heavy (non-hydrogen) atoms. The summed E-state index contributed by atoms with van der Waals surface area (Å²) in [4.78, 5) is 0. The number of fused-ring (bicyclic) bond motifs is 1. The smallest absolute Gasteiger partial charge is 0.174 e. The van der Waals surface area contributed by atoms with E-state index >= 15 is 0 Å². The Labute approximate surface area is 150 Å². The zero-order valence-corrected chi connectivity index (χ0v) is 14.2. The number of nitrogens with zero attached hydrogens (tertiary/aromatic N) is 4. The fourth-order valence-electron chi connectivity index (χ4n) is 3.21. The van der Waals surface area contributed by atoms with Crippen molar-refractivity contribution in [3.63, 3.8) is 0 Å². The zero-order chi connectivity index (χ0) is 17.9. The van der Waals surface area contributed by atoms with E-state index < -0.39 is 0 Å². The van der Waals surface area contributed by atoms with Crippen molar-refractivity contribution in [2.24, 2.45) is 0 Å². The molecule has 0 amide bonds. The monoisotopic (exact) mass is 348 g/mol. The molecule has 0 saturated carbocycles. The van der Waals surface area contributed by atoms with Crippen LogP contribution >= 0.6 is 0 Å². The van der Waals surface area contributed by atoms with Gasteiger partial charge in [0.1, 0.15) is 34.8 Å². The van der Waals surface area contributed by atoms with Gasteiger partial charge >= 0.3 is 0 Å². The minimum Gasteiger partial charge on any atom is -0.457 e. The Bertz CT molecular complexity index is 1010. The summed E-state index contributed by atoms with van der Waals surface area (Å²) in [5.41, 5.74) is 0.780. The highest BCUT2D eigenvalue weighted by Gasteiger charge is 2.18. The molecule has 0 bridgehead atoms. The van der Waals surface area contributed by atoms with Gasteiger partial charge in [0.15, 0.2) is 5.82 Å². The van der Waals surface area contributed by atoms with Crippen molar-refractivity contribution in [2.75, 3.05) is 0 Å². The van der Waals surface area contributed by atoms with E-state index in [1.807, 2.05) is 4.57 Å². The first-order valence-electron chi connectivity index (χ1n) is 8.65. The first kappa shape index (κ1) is 16.3. The summed E-state index contributed by atoms with van der Waals surface area (Å²) < 4.78 is 21.7. The van der Waals surface area contributed by atoms with E-state index in [9.17, 15) is 9.65 Å². The number of aryl methyl sites for hydroxylation is 1. The molecule has 1 aliphatic heterocycles. The number of benzene rings is 1. The maximum atomic E-state index is 13.9. The van der Waals surface area contributed by atoms with Gasteiger partial charge in [-0.1, -0.05) is 18.6 Å². The minimum atomic E-state index is -0.347. The van der Waals surface area contributed by atoms with E-state index in [2.05, 4.69) is 16.3 Å². The van der Waals surface area contributed by atoms with Crippen LogP contribution in [0.15, 0.2) is 40.8 Å². The number of nitriles is 1. The van der Waals surface area contributed by atoms with Crippen LogP contribution < -0.4 is 0 Å². The van der Waals surface area contributed by atoms with E-state index in [1.54, 1.807) is 36.4 Å². The predicted molar refractivity (Wildman–Crippen MR) is 95.2 cm³/mol. The third-order valence-corrected chi connectivity index (χ3v) is 4.52. The lowest BCUT2D eigenvalue weighted by Crippen LogP contribution is -2.05. The van der Waals surface area contributed by atoms with Crippen molar-refractivity contribution in [1.82, 2.24) is 14.8 Å². The first-order chi connectivity index (χ1) is 12.8.